The summed E-state index contributed by atoms with van der Waals surface area (Å²) in [6.45, 7) is 2.30. The van der Waals surface area contributed by atoms with Crippen LogP contribution in [-0.2, 0) is 10.0 Å². The number of para-hydroxylation sites is 2. The third kappa shape index (κ3) is 4.81. The lowest BCUT2D eigenvalue weighted by molar-refractivity contribution is 0.0746. The summed E-state index contributed by atoms with van der Waals surface area (Å²) in [5, 5.41) is 0. The molecule has 1 fully saturated rings. The van der Waals surface area contributed by atoms with E-state index in [9.17, 15) is 22.0 Å². The molecule has 0 spiro atoms. The van der Waals surface area contributed by atoms with Crippen LogP contribution in [-0.4, -0.2) is 52.5 Å². The lowest BCUT2D eigenvalue weighted by Crippen LogP contribution is -2.48. The number of hydrogen-bond donors (Lipinski definition) is 1. The number of nitrogens with zero attached hydrogens (tertiary/aromatic N) is 2. The first-order valence-corrected chi connectivity index (χ1v) is 12.0. The van der Waals surface area contributed by atoms with Crippen LogP contribution >= 0.6 is 0 Å². The number of piperazine rings is 1. The number of ether oxygens (including phenoxy) is 1. The Morgan fingerprint density at radius 1 is 0.882 bits per heavy atom. The number of benzene rings is 3. The molecule has 1 heterocycles. The smallest absolute Gasteiger partial charge is 0.267 e. The standard InChI is InChI=1S/C24H23F2N3O4S/c1-33-22-8-3-2-7-21(22)28-13-15-29(16-14-28)24(30)17-9-11-18(12-10-17)27-34(31,32)23-19(25)5-4-6-20(23)26/h2-12,27H,13-16H2,1H3. The lowest BCUT2D eigenvalue weighted by Gasteiger charge is -2.36. The molecular weight excluding hydrogens is 464 g/mol. The second kappa shape index (κ2) is 9.68. The molecule has 3 aromatic rings. The number of amides is 1. The zero-order valence-corrected chi connectivity index (χ0v) is 19.2. The third-order valence-corrected chi connectivity index (χ3v) is 7.00. The van der Waals surface area contributed by atoms with Gasteiger partial charge >= 0.3 is 0 Å². The van der Waals surface area contributed by atoms with Crippen LogP contribution in [0.1, 0.15) is 10.4 Å². The molecule has 1 saturated heterocycles. The van der Waals surface area contributed by atoms with Crippen LogP contribution in [0.25, 0.3) is 0 Å². The van der Waals surface area contributed by atoms with Crippen molar-refractivity contribution in [1.82, 2.24) is 4.90 Å². The minimum Gasteiger partial charge on any atom is -0.495 e. The number of sulfonamides is 1. The van der Waals surface area contributed by atoms with E-state index in [0.717, 1.165) is 29.6 Å². The number of carbonyl (C=O) groups is 1. The predicted molar refractivity (Wildman–Crippen MR) is 125 cm³/mol. The molecule has 3 aromatic carbocycles. The third-order valence-electron chi connectivity index (χ3n) is 5.56. The van der Waals surface area contributed by atoms with Crippen molar-refractivity contribution in [2.45, 2.75) is 4.90 Å². The van der Waals surface area contributed by atoms with Crippen molar-refractivity contribution in [3.63, 3.8) is 0 Å². The van der Waals surface area contributed by atoms with Crippen molar-refractivity contribution >= 4 is 27.3 Å². The Morgan fingerprint density at radius 3 is 2.12 bits per heavy atom. The fourth-order valence-electron chi connectivity index (χ4n) is 3.85. The molecule has 1 aliphatic rings. The summed E-state index contributed by atoms with van der Waals surface area (Å²) in [6.07, 6.45) is 0. The van der Waals surface area contributed by atoms with Gasteiger partial charge in [-0.3, -0.25) is 9.52 Å². The number of hydrogen-bond acceptors (Lipinski definition) is 5. The lowest BCUT2D eigenvalue weighted by atomic mass is 10.1. The Labute approximate surface area is 196 Å². The molecule has 1 N–H and O–H groups in total. The summed E-state index contributed by atoms with van der Waals surface area (Å²) >= 11 is 0. The van der Waals surface area contributed by atoms with Crippen LogP contribution in [0, 0.1) is 11.6 Å². The molecule has 0 radical (unpaired) electrons. The minimum absolute atomic E-state index is 0.0835. The SMILES string of the molecule is COc1ccccc1N1CCN(C(=O)c2ccc(NS(=O)(=O)c3c(F)cccc3F)cc2)CC1. The maximum absolute atomic E-state index is 13.9. The Bertz CT molecular complexity index is 1270. The number of nitrogens with one attached hydrogen (secondary N) is 1. The van der Waals surface area contributed by atoms with E-state index in [1.165, 1.54) is 24.3 Å². The van der Waals surface area contributed by atoms with E-state index in [0.29, 0.717) is 31.7 Å². The van der Waals surface area contributed by atoms with E-state index < -0.39 is 26.6 Å². The van der Waals surface area contributed by atoms with Gasteiger partial charge in [0.15, 0.2) is 4.90 Å². The normalized spacial score (nSPS) is 14.1. The second-order valence-electron chi connectivity index (χ2n) is 7.68. The van der Waals surface area contributed by atoms with Crippen LogP contribution in [0.3, 0.4) is 0 Å². The van der Waals surface area contributed by atoms with E-state index in [2.05, 4.69) is 9.62 Å². The first kappa shape index (κ1) is 23.5. The first-order valence-electron chi connectivity index (χ1n) is 10.5. The van der Waals surface area contributed by atoms with E-state index in [-0.39, 0.29) is 11.6 Å². The van der Waals surface area contributed by atoms with E-state index in [1.807, 2.05) is 24.3 Å². The number of methoxy groups -OCH3 is 1. The summed E-state index contributed by atoms with van der Waals surface area (Å²) in [5.41, 5.74) is 1.44. The van der Waals surface area contributed by atoms with E-state index in [1.54, 1.807) is 12.0 Å². The molecule has 7 nitrogen and oxygen atoms in total. The topological polar surface area (TPSA) is 79.0 Å². The van der Waals surface area contributed by atoms with E-state index >= 15 is 0 Å². The van der Waals surface area contributed by atoms with Gasteiger partial charge in [-0.15, -0.1) is 0 Å². The molecule has 0 bridgehead atoms. The Hall–Kier alpha value is -3.66. The molecule has 1 aliphatic heterocycles. The highest BCUT2D eigenvalue weighted by Crippen LogP contribution is 2.28. The monoisotopic (exact) mass is 487 g/mol. The first-order chi connectivity index (χ1) is 16.3. The van der Waals surface area contributed by atoms with Gasteiger partial charge in [0.1, 0.15) is 17.4 Å². The van der Waals surface area contributed by atoms with Gasteiger partial charge in [0.05, 0.1) is 12.8 Å². The Kier molecular flexibility index (Phi) is 6.69. The van der Waals surface area contributed by atoms with Crippen molar-refractivity contribution in [2.24, 2.45) is 0 Å². The zero-order chi connectivity index (χ0) is 24.3. The molecule has 10 heteroatoms. The largest absolute Gasteiger partial charge is 0.495 e. The van der Waals surface area contributed by atoms with Gasteiger partial charge in [0.2, 0.25) is 0 Å². The van der Waals surface area contributed by atoms with Crippen molar-refractivity contribution in [3.05, 3.63) is 83.9 Å². The average molecular weight is 488 g/mol. The Morgan fingerprint density at radius 2 is 1.50 bits per heavy atom. The fourth-order valence-corrected chi connectivity index (χ4v) is 5.05. The molecule has 0 atom stereocenters. The Balaban J connectivity index is 1.41. The second-order valence-corrected chi connectivity index (χ2v) is 9.30. The average Bonchev–Trinajstić information content (AvgIpc) is 2.83. The molecule has 0 aliphatic carbocycles. The van der Waals surface area contributed by atoms with Crippen LogP contribution in [0.4, 0.5) is 20.2 Å². The highest BCUT2D eigenvalue weighted by molar-refractivity contribution is 7.92. The summed E-state index contributed by atoms with van der Waals surface area (Å²) in [6, 6.07) is 16.2. The fraction of sp³-hybridized carbons (Fsp3) is 0.208. The van der Waals surface area contributed by atoms with Gasteiger partial charge in [0, 0.05) is 37.4 Å². The number of rotatable bonds is 6. The quantitative estimate of drug-likeness (QED) is 0.573. The maximum atomic E-state index is 13.9. The molecule has 0 unspecified atom stereocenters. The van der Waals surface area contributed by atoms with Gasteiger partial charge < -0.3 is 14.5 Å². The van der Waals surface area contributed by atoms with Crippen molar-refractivity contribution in [1.29, 1.82) is 0 Å². The number of halogens is 2. The molecule has 4 rings (SSSR count). The molecule has 0 aromatic heterocycles. The summed E-state index contributed by atoms with van der Waals surface area (Å²) < 4.78 is 60.2. The highest BCUT2D eigenvalue weighted by atomic mass is 32.2. The van der Waals surface area contributed by atoms with Gasteiger partial charge in [-0.2, -0.15) is 0 Å². The van der Waals surface area contributed by atoms with Gasteiger partial charge in [-0.1, -0.05) is 18.2 Å². The van der Waals surface area contributed by atoms with Gasteiger partial charge in [0.25, 0.3) is 15.9 Å². The predicted octanol–water partition coefficient (Wildman–Crippen LogP) is 3.74. The summed E-state index contributed by atoms with van der Waals surface area (Å²) in [7, 11) is -2.86. The molecular formula is C24H23F2N3O4S. The summed E-state index contributed by atoms with van der Waals surface area (Å²) in [5.74, 6) is -1.79. The number of carbonyl (C=O) groups excluding carboxylic acids is 1. The summed E-state index contributed by atoms with van der Waals surface area (Å²) in [4.78, 5) is 15.7. The number of anilines is 2. The molecule has 178 valence electrons. The van der Waals surface area contributed by atoms with Crippen LogP contribution in [0.2, 0.25) is 0 Å². The van der Waals surface area contributed by atoms with Crippen molar-refractivity contribution in [3.8, 4) is 5.75 Å². The van der Waals surface area contributed by atoms with Crippen molar-refractivity contribution < 1.29 is 26.7 Å². The van der Waals surface area contributed by atoms with Crippen molar-refractivity contribution in [2.75, 3.05) is 42.9 Å². The van der Waals surface area contributed by atoms with Crippen LogP contribution < -0.4 is 14.4 Å². The molecule has 34 heavy (non-hydrogen) atoms. The highest BCUT2D eigenvalue weighted by Gasteiger charge is 2.25. The van der Waals surface area contributed by atoms with Crippen LogP contribution in [0.5, 0.6) is 5.75 Å². The zero-order valence-electron chi connectivity index (χ0n) is 18.4. The van der Waals surface area contributed by atoms with Crippen LogP contribution in [0.15, 0.2) is 71.6 Å². The molecule has 0 saturated carbocycles. The van der Waals surface area contributed by atoms with Gasteiger partial charge in [-0.05, 0) is 48.5 Å². The molecule has 1 amide bonds. The van der Waals surface area contributed by atoms with Gasteiger partial charge in [-0.25, -0.2) is 17.2 Å². The maximum Gasteiger partial charge on any atom is 0.267 e. The minimum atomic E-state index is -4.48. The van der Waals surface area contributed by atoms with E-state index in [4.69, 9.17) is 4.74 Å².